The Balaban J connectivity index is 1.53. The van der Waals surface area contributed by atoms with Crippen LogP contribution in [0.25, 0.3) is 21.3 Å². The van der Waals surface area contributed by atoms with Gasteiger partial charge in [0.1, 0.15) is 16.4 Å². The lowest BCUT2D eigenvalue weighted by Crippen LogP contribution is -2.34. The van der Waals surface area contributed by atoms with Crippen molar-refractivity contribution in [3.63, 3.8) is 0 Å². The summed E-state index contributed by atoms with van der Waals surface area (Å²) in [5.41, 5.74) is 9.90. The lowest BCUT2D eigenvalue weighted by Gasteiger charge is -2.32. The first kappa shape index (κ1) is 26.9. The second-order valence-electron chi connectivity index (χ2n) is 10.1. The summed E-state index contributed by atoms with van der Waals surface area (Å²) >= 11 is 1.28. The topological polar surface area (TPSA) is 103 Å². The van der Waals surface area contributed by atoms with Crippen molar-refractivity contribution in [2.45, 2.75) is 45.6 Å². The number of amides is 1. The molecular weight excluding hydrogens is 510 g/mol. The second-order valence-corrected chi connectivity index (χ2v) is 11.1. The van der Waals surface area contributed by atoms with Crippen molar-refractivity contribution in [1.82, 2.24) is 14.9 Å². The maximum absolute atomic E-state index is 12.4. The van der Waals surface area contributed by atoms with Gasteiger partial charge in [-0.3, -0.25) is 4.79 Å². The molecule has 0 unspecified atom stereocenters. The average molecular weight is 546 g/mol. The number of likely N-dealkylation sites (N-methyl/N-ethyl adjacent to an activating group) is 1. The number of nitrogens with zero attached hydrogens (tertiary/aromatic N) is 3. The number of rotatable bonds is 9. The molecule has 3 heterocycles. The Morgan fingerprint density at radius 3 is 2.79 bits per heavy atom. The predicted molar refractivity (Wildman–Crippen MR) is 157 cm³/mol. The summed E-state index contributed by atoms with van der Waals surface area (Å²) in [6.45, 7) is 9.57. The van der Waals surface area contributed by atoms with Crippen molar-refractivity contribution in [3.05, 3.63) is 59.1 Å². The minimum absolute atomic E-state index is 0.00911. The minimum Gasteiger partial charge on any atom is -0.496 e. The van der Waals surface area contributed by atoms with Crippen molar-refractivity contribution in [1.29, 1.82) is 0 Å². The van der Waals surface area contributed by atoms with Gasteiger partial charge in [0.15, 0.2) is 0 Å². The molecule has 5 rings (SSSR count). The number of aromatic nitrogens is 2. The first-order valence-corrected chi connectivity index (χ1v) is 14.2. The molecule has 0 bridgehead atoms. The molecule has 2 aromatic carbocycles. The van der Waals surface area contributed by atoms with Crippen molar-refractivity contribution >= 4 is 39.1 Å². The van der Waals surface area contributed by atoms with E-state index in [1.807, 2.05) is 38.1 Å². The first-order chi connectivity index (χ1) is 18.9. The van der Waals surface area contributed by atoms with Crippen LogP contribution in [0.4, 0.5) is 11.6 Å². The van der Waals surface area contributed by atoms with E-state index in [1.165, 1.54) is 36.3 Å². The number of nitrogens with two attached hydrogens (primary N) is 1. The Bertz CT molecular complexity index is 1480. The molecule has 39 heavy (non-hydrogen) atoms. The zero-order valence-electron chi connectivity index (χ0n) is 22.9. The Morgan fingerprint density at radius 2 is 2.05 bits per heavy atom. The summed E-state index contributed by atoms with van der Waals surface area (Å²) < 4.78 is 12.6. The van der Waals surface area contributed by atoms with Gasteiger partial charge in [0.2, 0.25) is 5.95 Å². The van der Waals surface area contributed by atoms with E-state index in [-0.39, 0.29) is 6.10 Å². The summed E-state index contributed by atoms with van der Waals surface area (Å²) in [7, 11) is 1.60. The Labute approximate surface area is 233 Å². The molecule has 1 aliphatic rings. The number of fused-ring (bicyclic) bond motifs is 1. The molecule has 3 N–H and O–H groups in total. The third-order valence-corrected chi connectivity index (χ3v) is 8.20. The molecule has 1 atom stereocenters. The van der Waals surface area contributed by atoms with E-state index in [9.17, 15) is 4.79 Å². The van der Waals surface area contributed by atoms with E-state index in [0.717, 1.165) is 34.8 Å². The van der Waals surface area contributed by atoms with Crippen molar-refractivity contribution in [2.75, 3.05) is 32.1 Å². The standard InChI is InChI=1S/C30H35N5O3S/c1-5-35-14-8-9-20(17-35)19-12-13-22(24(15-19)38-18(2)3)33-30-32-16-25-27(34-30)26(28(39-25)29(31)36)21-10-6-7-11-23(21)37-4/h6-7,10-13,15-16,18,20H,5,8-9,14,17H2,1-4H3,(H2,31,36)(H,32,33,34)/t20-/m1/s1. The molecule has 0 aliphatic carbocycles. The number of piperidine rings is 1. The number of hydrogen-bond acceptors (Lipinski definition) is 8. The smallest absolute Gasteiger partial charge is 0.259 e. The van der Waals surface area contributed by atoms with E-state index in [4.69, 9.17) is 20.2 Å². The lowest BCUT2D eigenvalue weighted by molar-refractivity contribution is 0.100. The number of anilines is 2. The first-order valence-electron chi connectivity index (χ1n) is 13.4. The van der Waals surface area contributed by atoms with E-state index in [2.05, 4.69) is 40.3 Å². The molecule has 8 nitrogen and oxygen atoms in total. The molecule has 1 aliphatic heterocycles. The van der Waals surface area contributed by atoms with Crippen LogP contribution in [-0.4, -0.2) is 53.6 Å². The Hall–Kier alpha value is -3.69. The summed E-state index contributed by atoms with van der Waals surface area (Å²) in [4.78, 5) is 24.7. The molecule has 0 spiro atoms. The van der Waals surface area contributed by atoms with Gasteiger partial charge in [-0.25, -0.2) is 9.97 Å². The number of carbonyl (C=O) groups is 1. The molecule has 4 aromatic rings. The number of ether oxygens (including phenoxy) is 2. The predicted octanol–water partition coefficient (Wildman–Crippen LogP) is 6.20. The summed E-state index contributed by atoms with van der Waals surface area (Å²) in [5, 5.41) is 3.37. The number of hydrogen-bond donors (Lipinski definition) is 2. The third-order valence-electron chi connectivity index (χ3n) is 7.07. The maximum atomic E-state index is 12.4. The Kier molecular flexibility index (Phi) is 7.99. The molecule has 1 saturated heterocycles. The Morgan fingerprint density at radius 1 is 1.23 bits per heavy atom. The zero-order valence-corrected chi connectivity index (χ0v) is 23.7. The molecule has 1 amide bonds. The molecule has 1 fully saturated rings. The van der Waals surface area contributed by atoms with Crippen LogP contribution in [0.1, 0.15) is 54.8 Å². The van der Waals surface area contributed by atoms with Crippen molar-refractivity contribution in [3.8, 4) is 22.6 Å². The molecule has 204 valence electrons. The highest BCUT2D eigenvalue weighted by atomic mass is 32.1. The van der Waals surface area contributed by atoms with E-state index in [1.54, 1.807) is 13.3 Å². The molecule has 0 saturated carbocycles. The van der Waals surface area contributed by atoms with Crippen molar-refractivity contribution < 1.29 is 14.3 Å². The molecule has 9 heteroatoms. The highest BCUT2D eigenvalue weighted by Gasteiger charge is 2.24. The van der Waals surface area contributed by atoms with Gasteiger partial charge in [0.05, 0.1) is 35.3 Å². The third kappa shape index (κ3) is 5.69. The van der Waals surface area contributed by atoms with Gasteiger partial charge in [-0.1, -0.05) is 31.2 Å². The highest BCUT2D eigenvalue weighted by molar-refractivity contribution is 7.21. The van der Waals surface area contributed by atoms with E-state index < -0.39 is 5.91 Å². The summed E-state index contributed by atoms with van der Waals surface area (Å²) in [6, 6.07) is 13.9. The van der Waals surface area contributed by atoms with Crippen molar-refractivity contribution in [2.24, 2.45) is 5.73 Å². The number of likely N-dealkylation sites (tertiary alicyclic amines) is 1. The lowest BCUT2D eigenvalue weighted by atomic mass is 9.90. The molecular formula is C30H35N5O3S. The second kappa shape index (κ2) is 11.6. The number of methoxy groups -OCH3 is 1. The number of thiophene rings is 1. The van der Waals surface area contributed by atoms with Gasteiger partial charge >= 0.3 is 0 Å². The average Bonchev–Trinajstić information content (AvgIpc) is 3.32. The van der Waals surface area contributed by atoms with Gasteiger partial charge < -0.3 is 25.4 Å². The van der Waals surface area contributed by atoms with Crippen LogP contribution in [-0.2, 0) is 0 Å². The number of para-hydroxylation sites is 1. The van der Waals surface area contributed by atoms with Crippen LogP contribution in [0.3, 0.4) is 0 Å². The molecule has 2 aromatic heterocycles. The van der Waals surface area contributed by atoms with Crippen LogP contribution in [0.2, 0.25) is 0 Å². The maximum Gasteiger partial charge on any atom is 0.259 e. The SMILES string of the molecule is CCN1CCC[C@@H](c2ccc(Nc3ncc4sc(C(N)=O)c(-c5ccccc5OC)c4n3)c(OC(C)C)c2)C1. The molecule has 0 radical (unpaired) electrons. The number of nitrogens with one attached hydrogen (secondary N) is 1. The highest BCUT2D eigenvalue weighted by Crippen LogP contribution is 2.42. The van der Waals surface area contributed by atoms with Gasteiger partial charge in [-0.2, -0.15) is 0 Å². The largest absolute Gasteiger partial charge is 0.496 e. The van der Waals surface area contributed by atoms with Crippen LogP contribution in [0.5, 0.6) is 11.5 Å². The number of benzene rings is 2. The normalized spacial score (nSPS) is 16.0. The monoisotopic (exact) mass is 545 g/mol. The van der Waals surface area contributed by atoms with Crippen LogP contribution in [0, 0.1) is 0 Å². The van der Waals surface area contributed by atoms with E-state index in [0.29, 0.717) is 33.6 Å². The van der Waals surface area contributed by atoms with E-state index >= 15 is 0 Å². The summed E-state index contributed by atoms with van der Waals surface area (Å²) in [5.74, 6) is 1.79. The van der Waals surface area contributed by atoms with Gasteiger partial charge in [-0.05, 0) is 69.5 Å². The zero-order chi connectivity index (χ0) is 27.5. The van der Waals surface area contributed by atoms with Crippen LogP contribution in [0.15, 0.2) is 48.7 Å². The number of primary amides is 1. The van der Waals surface area contributed by atoms with Gasteiger partial charge in [-0.15, -0.1) is 11.3 Å². The summed E-state index contributed by atoms with van der Waals surface area (Å²) in [6.07, 6.45) is 4.11. The fourth-order valence-corrected chi connectivity index (χ4v) is 6.19. The fraction of sp³-hybridized carbons (Fsp3) is 0.367. The minimum atomic E-state index is -0.513. The quantitative estimate of drug-likeness (QED) is 0.258. The van der Waals surface area contributed by atoms with Gasteiger partial charge in [0, 0.05) is 17.7 Å². The van der Waals surface area contributed by atoms with Crippen LogP contribution < -0.4 is 20.5 Å². The van der Waals surface area contributed by atoms with Crippen LogP contribution >= 0.6 is 11.3 Å². The fourth-order valence-electron chi connectivity index (χ4n) is 5.21. The number of carbonyl (C=O) groups excluding carboxylic acids is 1. The van der Waals surface area contributed by atoms with Gasteiger partial charge in [0.25, 0.3) is 5.91 Å².